The zero-order chi connectivity index (χ0) is 18.1. The summed E-state index contributed by atoms with van der Waals surface area (Å²) in [5.74, 6) is 1.25. The van der Waals surface area contributed by atoms with Gasteiger partial charge in [0.1, 0.15) is 0 Å². The molecule has 132 valence electrons. The third-order valence-corrected chi connectivity index (χ3v) is 5.00. The molecule has 1 aromatic heterocycles. The van der Waals surface area contributed by atoms with Gasteiger partial charge in [-0.2, -0.15) is 0 Å². The molecule has 3 aromatic rings. The van der Waals surface area contributed by atoms with Gasteiger partial charge >= 0.3 is 5.97 Å². The molecule has 1 N–H and O–H groups in total. The number of nitrogens with zero attached hydrogens (tertiary/aromatic N) is 2. The maximum Gasteiger partial charge on any atom is 0.335 e. The van der Waals surface area contributed by atoms with Crippen molar-refractivity contribution in [2.75, 3.05) is 0 Å². The number of hydrogen-bond acceptors (Lipinski definition) is 4. The molecule has 1 aliphatic carbocycles. The first-order chi connectivity index (χ1) is 12.7. The summed E-state index contributed by atoms with van der Waals surface area (Å²) in [4.78, 5) is 11.1. The minimum absolute atomic E-state index is 0.192. The van der Waals surface area contributed by atoms with Gasteiger partial charge in [-0.3, -0.25) is 0 Å². The van der Waals surface area contributed by atoms with Crippen LogP contribution in [0.15, 0.2) is 52.9 Å². The first kappa shape index (κ1) is 16.5. The second-order valence-corrected chi connectivity index (χ2v) is 6.77. The lowest BCUT2D eigenvalue weighted by molar-refractivity contribution is 0.0697. The summed E-state index contributed by atoms with van der Waals surface area (Å²) in [5.41, 5.74) is 3.03. The summed E-state index contributed by atoms with van der Waals surface area (Å²) >= 11 is 0. The van der Waals surface area contributed by atoms with E-state index in [1.54, 1.807) is 12.1 Å². The highest BCUT2D eigenvalue weighted by Gasteiger charge is 2.30. The molecule has 0 amide bonds. The Kier molecular flexibility index (Phi) is 4.29. The lowest BCUT2D eigenvalue weighted by atomic mass is 9.91. The second-order valence-electron chi connectivity index (χ2n) is 6.77. The molecular weight excluding hydrogens is 328 g/mol. The van der Waals surface area contributed by atoms with E-state index in [9.17, 15) is 4.79 Å². The normalized spacial score (nSPS) is 15.0. The van der Waals surface area contributed by atoms with Crippen LogP contribution in [-0.4, -0.2) is 21.3 Å². The maximum absolute atomic E-state index is 11.1. The van der Waals surface area contributed by atoms with Crippen LogP contribution in [0, 0.1) is 5.92 Å². The van der Waals surface area contributed by atoms with Crippen LogP contribution in [0.5, 0.6) is 0 Å². The molecule has 0 saturated heterocycles. The Hall–Kier alpha value is -2.95. The number of rotatable bonds is 6. The molecular formula is C21H20N2O3. The van der Waals surface area contributed by atoms with E-state index in [0.29, 0.717) is 23.3 Å². The first-order valence-electron chi connectivity index (χ1n) is 8.93. The summed E-state index contributed by atoms with van der Waals surface area (Å²) in [6.45, 7) is 2.24. The molecule has 0 radical (unpaired) electrons. The molecule has 1 saturated carbocycles. The number of aromatic nitrogens is 2. The van der Waals surface area contributed by atoms with Gasteiger partial charge in [0.2, 0.25) is 11.8 Å². The maximum atomic E-state index is 11.1. The molecule has 1 fully saturated rings. The van der Waals surface area contributed by atoms with Gasteiger partial charge < -0.3 is 9.52 Å². The Morgan fingerprint density at radius 1 is 1.12 bits per heavy atom. The first-order valence-corrected chi connectivity index (χ1v) is 8.93. The Balaban J connectivity index is 1.58. The van der Waals surface area contributed by atoms with Gasteiger partial charge in [-0.05, 0) is 67.0 Å². The highest BCUT2D eigenvalue weighted by Crippen LogP contribution is 2.44. The SMILES string of the molecule is CCC(c1ccc(-c2nnc(-c3cccc(C(=O)O)c3)o2)cc1)C1CC1. The van der Waals surface area contributed by atoms with Crippen molar-refractivity contribution in [3.63, 3.8) is 0 Å². The third-order valence-electron chi connectivity index (χ3n) is 5.00. The Morgan fingerprint density at radius 2 is 1.81 bits per heavy atom. The van der Waals surface area contributed by atoms with Crippen LogP contribution >= 0.6 is 0 Å². The topological polar surface area (TPSA) is 76.2 Å². The Bertz CT molecular complexity index is 926. The Labute approximate surface area is 151 Å². The van der Waals surface area contributed by atoms with Gasteiger partial charge in [-0.1, -0.05) is 25.1 Å². The quantitative estimate of drug-likeness (QED) is 0.678. The minimum Gasteiger partial charge on any atom is -0.478 e. The van der Waals surface area contributed by atoms with Crippen LogP contribution in [-0.2, 0) is 0 Å². The molecule has 2 aromatic carbocycles. The number of benzene rings is 2. The number of carboxylic acid groups (broad SMARTS) is 1. The number of carbonyl (C=O) groups is 1. The second kappa shape index (κ2) is 6.75. The van der Waals surface area contributed by atoms with Crippen LogP contribution < -0.4 is 0 Å². The van der Waals surface area contributed by atoms with Crippen LogP contribution in [0.2, 0.25) is 0 Å². The van der Waals surface area contributed by atoms with Crippen molar-refractivity contribution < 1.29 is 14.3 Å². The van der Waals surface area contributed by atoms with E-state index < -0.39 is 5.97 Å². The van der Waals surface area contributed by atoms with Gasteiger partial charge in [-0.15, -0.1) is 10.2 Å². The molecule has 0 spiro atoms. The molecule has 5 heteroatoms. The van der Waals surface area contributed by atoms with Crippen LogP contribution in [0.4, 0.5) is 0 Å². The minimum atomic E-state index is -0.983. The molecule has 1 heterocycles. The van der Waals surface area contributed by atoms with Gasteiger partial charge in [0.05, 0.1) is 5.56 Å². The molecule has 1 unspecified atom stereocenters. The largest absolute Gasteiger partial charge is 0.478 e. The van der Waals surface area contributed by atoms with Crippen molar-refractivity contribution in [3.8, 4) is 22.9 Å². The predicted octanol–water partition coefficient (Wildman–Crippen LogP) is 5.01. The number of aromatic carboxylic acids is 1. The van der Waals surface area contributed by atoms with Crippen molar-refractivity contribution in [2.45, 2.75) is 32.1 Å². The summed E-state index contributed by atoms with van der Waals surface area (Å²) in [6, 6.07) is 14.8. The number of hydrogen-bond donors (Lipinski definition) is 1. The van der Waals surface area contributed by atoms with E-state index in [1.807, 2.05) is 12.1 Å². The van der Waals surface area contributed by atoms with Crippen molar-refractivity contribution in [3.05, 3.63) is 59.7 Å². The standard InChI is InChI=1S/C21H20N2O3/c1-2-18(13-6-7-13)14-8-10-15(11-9-14)19-22-23-20(26-19)16-4-3-5-17(12-16)21(24)25/h3-5,8-13,18H,2,6-7H2,1H3,(H,24,25). The molecule has 0 aliphatic heterocycles. The van der Waals surface area contributed by atoms with Crippen LogP contribution in [0.3, 0.4) is 0 Å². The smallest absolute Gasteiger partial charge is 0.335 e. The summed E-state index contributed by atoms with van der Waals surface area (Å²) in [7, 11) is 0. The molecule has 0 bridgehead atoms. The third kappa shape index (κ3) is 3.25. The monoisotopic (exact) mass is 348 g/mol. The fourth-order valence-corrected chi connectivity index (χ4v) is 3.45. The lowest BCUT2D eigenvalue weighted by Crippen LogP contribution is -1.99. The van der Waals surface area contributed by atoms with Gasteiger partial charge in [0, 0.05) is 11.1 Å². The van der Waals surface area contributed by atoms with Crippen molar-refractivity contribution in [2.24, 2.45) is 5.92 Å². The van der Waals surface area contributed by atoms with Crippen molar-refractivity contribution in [1.82, 2.24) is 10.2 Å². The highest BCUT2D eigenvalue weighted by atomic mass is 16.4. The van der Waals surface area contributed by atoms with E-state index in [2.05, 4.69) is 29.3 Å². The van der Waals surface area contributed by atoms with E-state index in [4.69, 9.17) is 9.52 Å². The van der Waals surface area contributed by atoms with E-state index in [1.165, 1.54) is 30.5 Å². The Morgan fingerprint density at radius 3 is 2.42 bits per heavy atom. The van der Waals surface area contributed by atoms with E-state index in [-0.39, 0.29) is 5.56 Å². The fourth-order valence-electron chi connectivity index (χ4n) is 3.45. The van der Waals surface area contributed by atoms with E-state index in [0.717, 1.165) is 17.9 Å². The summed E-state index contributed by atoms with van der Waals surface area (Å²) in [5, 5.41) is 17.3. The fraction of sp³-hybridized carbons (Fsp3) is 0.286. The summed E-state index contributed by atoms with van der Waals surface area (Å²) < 4.78 is 5.76. The number of carboxylic acids is 1. The van der Waals surface area contributed by atoms with Crippen LogP contribution in [0.25, 0.3) is 22.9 Å². The lowest BCUT2D eigenvalue weighted by Gasteiger charge is -2.14. The summed E-state index contributed by atoms with van der Waals surface area (Å²) in [6.07, 6.45) is 3.83. The molecule has 26 heavy (non-hydrogen) atoms. The molecule has 1 atom stereocenters. The zero-order valence-electron chi connectivity index (χ0n) is 14.6. The highest BCUT2D eigenvalue weighted by molar-refractivity contribution is 5.88. The molecule has 5 nitrogen and oxygen atoms in total. The van der Waals surface area contributed by atoms with Crippen LogP contribution in [0.1, 0.15) is 48.0 Å². The molecule has 1 aliphatic rings. The van der Waals surface area contributed by atoms with Crippen molar-refractivity contribution >= 4 is 5.97 Å². The van der Waals surface area contributed by atoms with Gasteiger partial charge in [0.15, 0.2) is 0 Å². The predicted molar refractivity (Wildman–Crippen MR) is 97.9 cm³/mol. The average molecular weight is 348 g/mol. The average Bonchev–Trinajstić information content (AvgIpc) is 3.38. The molecule has 4 rings (SSSR count). The van der Waals surface area contributed by atoms with Crippen molar-refractivity contribution in [1.29, 1.82) is 0 Å². The van der Waals surface area contributed by atoms with Gasteiger partial charge in [-0.25, -0.2) is 4.79 Å². The van der Waals surface area contributed by atoms with Gasteiger partial charge in [0.25, 0.3) is 0 Å². The zero-order valence-corrected chi connectivity index (χ0v) is 14.6. The van der Waals surface area contributed by atoms with E-state index >= 15 is 0 Å².